The molecule has 148 valence electrons. The predicted octanol–water partition coefficient (Wildman–Crippen LogP) is 3.51. The van der Waals surface area contributed by atoms with Gasteiger partial charge in [-0.15, -0.1) is 11.3 Å². The Hall–Kier alpha value is -1.89. The first-order chi connectivity index (χ1) is 13.1. The molecule has 0 aliphatic carbocycles. The highest BCUT2D eigenvalue weighted by Gasteiger charge is 2.23. The number of thiophene rings is 1. The van der Waals surface area contributed by atoms with Crippen molar-refractivity contribution in [2.45, 2.75) is 38.9 Å². The van der Waals surface area contributed by atoms with Crippen molar-refractivity contribution in [1.29, 1.82) is 0 Å². The van der Waals surface area contributed by atoms with Crippen LogP contribution in [0.4, 0.5) is 0 Å². The Labute approximate surface area is 166 Å². The van der Waals surface area contributed by atoms with Gasteiger partial charge in [0.25, 0.3) is 0 Å². The average molecular weight is 390 g/mol. The molecule has 0 fully saturated rings. The topological polar surface area (TPSA) is 65.9 Å². The van der Waals surface area contributed by atoms with Gasteiger partial charge in [-0.1, -0.05) is 36.4 Å². The molecule has 3 N–H and O–H groups in total. The summed E-state index contributed by atoms with van der Waals surface area (Å²) in [6.45, 7) is 7.17. The maximum atomic E-state index is 10.6. The van der Waals surface area contributed by atoms with Gasteiger partial charge in [0.15, 0.2) is 5.96 Å². The standard InChI is InChI=1S/C21H31N3O2S/c1-3-22-20(24-17-21(2,25)19-12-9-15-27-19)23-13-7-8-14-26-16-18-10-5-4-6-11-18/h4-6,9-12,15,25H,3,7-8,13-14,16-17H2,1-2H3,(H2,22,23,24). The van der Waals surface area contributed by atoms with E-state index in [0.29, 0.717) is 13.2 Å². The maximum Gasteiger partial charge on any atom is 0.191 e. The SMILES string of the molecule is CCNC(=NCC(C)(O)c1cccs1)NCCCCOCc1ccccc1. The molecule has 0 saturated carbocycles. The lowest BCUT2D eigenvalue weighted by atomic mass is 10.1. The third kappa shape index (κ3) is 8.12. The quantitative estimate of drug-likeness (QED) is 0.313. The number of aliphatic hydroxyl groups is 1. The highest BCUT2D eigenvalue weighted by atomic mass is 32.1. The van der Waals surface area contributed by atoms with E-state index in [9.17, 15) is 5.11 Å². The Balaban J connectivity index is 1.65. The van der Waals surface area contributed by atoms with Gasteiger partial charge in [0.05, 0.1) is 13.2 Å². The molecule has 0 spiro atoms. The van der Waals surface area contributed by atoms with Crippen LogP contribution in [0.15, 0.2) is 52.8 Å². The van der Waals surface area contributed by atoms with Crippen molar-refractivity contribution in [3.8, 4) is 0 Å². The molecule has 0 saturated heterocycles. The van der Waals surface area contributed by atoms with E-state index in [1.807, 2.05) is 42.6 Å². The first-order valence-corrected chi connectivity index (χ1v) is 10.4. The Morgan fingerprint density at radius 2 is 1.96 bits per heavy atom. The molecule has 2 rings (SSSR count). The Bertz CT molecular complexity index is 657. The van der Waals surface area contributed by atoms with Crippen LogP contribution >= 0.6 is 11.3 Å². The van der Waals surface area contributed by atoms with E-state index < -0.39 is 5.60 Å². The molecule has 0 aliphatic heterocycles. The van der Waals surface area contributed by atoms with Crippen LogP contribution in [0, 0.1) is 0 Å². The molecule has 2 aromatic rings. The molecule has 1 atom stereocenters. The third-order valence-electron chi connectivity index (χ3n) is 4.06. The van der Waals surface area contributed by atoms with Crippen molar-refractivity contribution in [2.24, 2.45) is 4.99 Å². The first kappa shape index (κ1) is 21.4. The van der Waals surface area contributed by atoms with Crippen LogP contribution in [-0.2, 0) is 16.9 Å². The largest absolute Gasteiger partial charge is 0.383 e. The number of ether oxygens (including phenoxy) is 1. The van der Waals surface area contributed by atoms with E-state index in [0.717, 1.165) is 43.4 Å². The van der Waals surface area contributed by atoms with Crippen molar-refractivity contribution < 1.29 is 9.84 Å². The van der Waals surface area contributed by atoms with Gasteiger partial charge >= 0.3 is 0 Å². The number of unbranched alkanes of at least 4 members (excludes halogenated alkanes) is 1. The maximum absolute atomic E-state index is 10.6. The van der Waals surface area contributed by atoms with E-state index in [1.54, 1.807) is 18.3 Å². The van der Waals surface area contributed by atoms with Crippen LogP contribution in [0.2, 0.25) is 0 Å². The lowest BCUT2D eigenvalue weighted by Gasteiger charge is -2.20. The predicted molar refractivity (Wildman–Crippen MR) is 113 cm³/mol. The smallest absolute Gasteiger partial charge is 0.191 e. The lowest BCUT2D eigenvalue weighted by Crippen LogP contribution is -2.39. The van der Waals surface area contributed by atoms with Gasteiger partial charge < -0.3 is 20.5 Å². The van der Waals surface area contributed by atoms with Crippen LogP contribution in [0.5, 0.6) is 0 Å². The summed E-state index contributed by atoms with van der Waals surface area (Å²) in [6.07, 6.45) is 1.99. The summed E-state index contributed by atoms with van der Waals surface area (Å²) in [5.74, 6) is 0.736. The molecule has 1 aromatic carbocycles. The van der Waals surface area contributed by atoms with Gasteiger partial charge in [0, 0.05) is 24.6 Å². The highest BCUT2D eigenvalue weighted by Crippen LogP contribution is 2.25. The molecule has 1 aromatic heterocycles. The Kier molecular flexibility index (Phi) is 9.31. The first-order valence-electron chi connectivity index (χ1n) is 9.52. The van der Waals surface area contributed by atoms with E-state index >= 15 is 0 Å². The zero-order chi connectivity index (χ0) is 19.4. The molecule has 1 unspecified atom stereocenters. The number of hydrogen-bond donors (Lipinski definition) is 3. The molecule has 6 heteroatoms. The van der Waals surface area contributed by atoms with Gasteiger partial charge in [0.1, 0.15) is 5.60 Å². The Morgan fingerprint density at radius 3 is 2.67 bits per heavy atom. The van der Waals surface area contributed by atoms with E-state index in [-0.39, 0.29) is 0 Å². The van der Waals surface area contributed by atoms with Crippen LogP contribution in [0.25, 0.3) is 0 Å². The summed E-state index contributed by atoms with van der Waals surface area (Å²) in [5, 5.41) is 19.1. The van der Waals surface area contributed by atoms with Crippen molar-refractivity contribution in [3.63, 3.8) is 0 Å². The molecule has 27 heavy (non-hydrogen) atoms. The number of rotatable bonds is 11. The molecule has 0 amide bonds. The minimum Gasteiger partial charge on any atom is -0.383 e. The average Bonchev–Trinajstić information content (AvgIpc) is 3.22. The van der Waals surface area contributed by atoms with Crippen molar-refractivity contribution in [3.05, 3.63) is 58.3 Å². The second-order valence-corrected chi connectivity index (χ2v) is 7.57. The number of nitrogens with zero attached hydrogens (tertiary/aromatic N) is 1. The fraction of sp³-hybridized carbons (Fsp3) is 0.476. The number of nitrogens with one attached hydrogen (secondary N) is 2. The molecule has 0 aliphatic rings. The summed E-state index contributed by atoms with van der Waals surface area (Å²) in [6, 6.07) is 14.1. The minimum atomic E-state index is -0.943. The number of benzene rings is 1. The molecular weight excluding hydrogens is 358 g/mol. The van der Waals surface area contributed by atoms with E-state index in [1.165, 1.54) is 5.56 Å². The van der Waals surface area contributed by atoms with Crippen LogP contribution < -0.4 is 10.6 Å². The van der Waals surface area contributed by atoms with E-state index in [2.05, 4.69) is 27.8 Å². The van der Waals surface area contributed by atoms with Crippen molar-refractivity contribution in [2.75, 3.05) is 26.2 Å². The molecule has 0 bridgehead atoms. The van der Waals surface area contributed by atoms with Crippen LogP contribution in [0.1, 0.15) is 37.1 Å². The zero-order valence-electron chi connectivity index (χ0n) is 16.3. The fourth-order valence-corrected chi connectivity index (χ4v) is 3.32. The number of hydrogen-bond acceptors (Lipinski definition) is 4. The highest BCUT2D eigenvalue weighted by molar-refractivity contribution is 7.10. The van der Waals surface area contributed by atoms with Crippen LogP contribution in [0.3, 0.4) is 0 Å². The molecule has 5 nitrogen and oxygen atoms in total. The van der Waals surface area contributed by atoms with Crippen LogP contribution in [-0.4, -0.2) is 37.3 Å². The minimum absolute atomic E-state index is 0.322. The lowest BCUT2D eigenvalue weighted by molar-refractivity contribution is 0.0711. The zero-order valence-corrected chi connectivity index (χ0v) is 17.1. The summed E-state index contributed by atoms with van der Waals surface area (Å²) < 4.78 is 5.70. The summed E-state index contributed by atoms with van der Waals surface area (Å²) in [5.41, 5.74) is 0.261. The summed E-state index contributed by atoms with van der Waals surface area (Å²) >= 11 is 1.55. The summed E-state index contributed by atoms with van der Waals surface area (Å²) in [7, 11) is 0. The number of guanidine groups is 1. The monoisotopic (exact) mass is 389 g/mol. The molecular formula is C21H31N3O2S. The van der Waals surface area contributed by atoms with Crippen molar-refractivity contribution >= 4 is 17.3 Å². The van der Waals surface area contributed by atoms with Gasteiger partial charge in [-0.05, 0) is 43.7 Å². The fourth-order valence-electron chi connectivity index (χ4n) is 2.54. The number of aliphatic imine (C=N–C) groups is 1. The van der Waals surface area contributed by atoms with Gasteiger partial charge in [-0.3, -0.25) is 0 Å². The Morgan fingerprint density at radius 1 is 1.15 bits per heavy atom. The summed E-state index contributed by atoms with van der Waals surface area (Å²) in [4.78, 5) is 5.46. The second-order valence-electron chi connectivity index (χ2n) is 6.62. The van der Waals surface area contributed by atoms with Crippen molar-refractivity contribution in [1.82, 2.24) is 10.6 Å². The third-order valence-corrected chi connectivity index (χ3v) is 5.18. The van der Waals surface area contributed by atoms with E-state index in [4.69, 9.17) is 4.74 Å². The van der Waals surface area contributed by atoms with Gasteiger partial charge in [-0.2, -0.15) is 0 Å². The normalized spacial score (nSPS) is 14.0. The molecule has 0 radical (unpaired) electrons. The van der Waals surface area contributed by atoms with Gasteiger partial charge in [0.2, 0.25) is 0 Å². The van der Waals surface area contributed by atoms with Gasteiger partial charge in [-0.25, -0.2) is 4.99 Å². The second kappa shape index (κ2) is 11.7. The molecule has 1 heterocycles.